The summed E-state index contributed by atoms with van der Waals surface area (Å²) >= 11 is 3.46. The molecular weight excluding hydrogens is 256 g/mol. The third kappa shape index (κ3) is 2.21. The smallest absolute Gasteiger partial charge is 0.192 e. The molecule has 1 atom stereocenters. The number of nitrogens with two attached hydrogens (primary N) is 1. The first kappa shape index (κ1) is 10.6. The van der Waals surface area contributed by atoms with E-state index in [0.717, 1.165) is 27.6 Å². The lowest BCUT2D eigenvalue weighted by Gasteiger charge is -2.05. The van der Waals surface area contributed by atoms with Gasteiger partial charge in [-0.25, -0.2) is 4.98 Å². The number of rotatable bonds is 2. The number of oxazole rings is 1. The summed E-state index contributed by atoms with van der Waals surface area (Å²) in [5.41, 5.74) is 8.64. The van der Waals surface area contributed by atoms with Crippen LogP contribution >= 0.6 is 15.9 Å². The number of hydrogen-bond donors (Lipinski definition) is 1. The lowest BCUT2D eigenvalue weighted by molar-refractivity contribution is 0.555. The molecule has 0 fully saturated rings. The molecule has 0 aliphatic carbocycles. The topological polar surface area (TPSA) is 52.0 Å². The van der Waals surface area contributed by atoms with E-state index in [1.165, 1.54) is 0 Å². The second kappa shape index (κ2) is 3.94. The number of nitrogens with zero attached hydrogens (tertiary/aromatic N) is 1. The zero-order valence-corrected chi connectivity index (χ0v) is 10.3. The highest BCUT2D eigenvalue weighted by Gasteiger charge is 2.10. The van der Waals surface area contributed by atoms with Gasteiger partial charge in [-0.3, -0.25) is 0 Å². The van der Waals surface area contributed by atoms with Gasteiger partial charge in [-0.15, -0.1) is 0 Å². The van der Waals surface area contributed by atoms with Gasteiger partial charge in [-0.2, -0.15) is 0 Å². The van der Waals surface area contributed by atoms with Crippen LogP contribution in [0.2, 0.25) is 0 Å². The molecule has 0 amide bonds. The molecule has 0 saturated carbocycles. The van der Waals surface area contributed by atoms with E-state index in [1.807, 2.05) is 26.0 Å². The van der Waals surface area contributed by atoms with Gasteiger partial charge in [0.2, 0.25) is 0 Å². The molecular formula is C11H13BrN2O. The second-order valence-electron chi connectivity index (χ2n) is 3.83. The van der Waals surface area contributed by atoms with Crippen LogP contribution in [0.5, 0.6) is 0 Å². The van der Waals surface area contributed by atoms with Crippen LogP contribution in [0.1, 0.15) is 18.4 Å². The van der Waals surface area contributed by atoms with Gasteiger partial charge in [0, 0.05) is 17.4 Å². The predicted molar refractivity (Wildman–Crippen MR) is 63.8 cm³/mol. The van der Waals surface area contributed by atoms with E-state index in [4.69, 9.17) is 10.2 Å². The third-order valence-corrected chi connectivity index (χ3v) is 2.64. The summed E-state index contributed by atoms with van der Waals surface area (Å²) in [7, 11) is 0. The summed E-state index contributed by atoms with van der Waals surface area (Å²) in [4.78, 5) is 4.30. The van der Waals surface area contributed by atoms with E-state index in [9.17, 15) is 0 Å². The molecule has 2 aromatic rings. The van der Waals surface area contributed by atoms with Crippen molar-refractivity contribution in [3.05, 3.63) is 28.1 Å². The van der Waals surface area contributed by atoms with Crippen molar-refractivity contribution in [3.8, 4) is 0 Å². The minimum Gasteiger partial charge on any atom is -0.441 e. The van der Waals surface area contributed by atoms with Crippen LogP contribution in [0.4, 0.5) is 0 Å². The van der Waals surface area contributed by atoms with Gasteiger partial charge in [0.25, 0.3) is 0 Å². The van der Waals surface area contributed by atoms with Gasteiger partial charge in [0.1, 0.15) is 5.52 Å². The first-order valence-corrected chi connectivity index (χ1v) is 5.66. The molecule has 0 radical (unpaired) electrons. The molecule has 0 spiro atoms. The lowest BCUT2D eigenvalue weighted by Crippen LogP contribution is -2.17. The highest BCUT2D eigenvalue weighted by molar-refractivity contribution is 9.10. The molecule has 15 heavy (non-hydrogen) atoms. The maximum Gasteiger partial charge on any atom is 0.192 e. The van der Waals surface area contributed by atoms with Crippen molar-refractivity contribution in [3.63, 3.8) is 0 Å². The standard InChI is InChI=1S/C11H13BrN2O/c1-6(13)3-8-4-9(12)5-10-11(8)15-7(2)14-10/h4-6H,3,13H2,1-2H3. The monoisotopic (exact) mass is 268 g/mol. The van der Waals surface area contributed by atoms with E-state index in [-0.39, 0.29) is 6.04 Å². The number of benzene rings is 1. The first-order valence-electron chi connectivity index (χ1n) is 4.87. The van der Waals surface area contributed by atoms with Crippen LogP contribution in [0.3, 0.4) is 0 Å². The number of fused-ring (bicyclic) bond motifs is 1. The third-order valence-electron chi connectivity index (χ3n) is 2.18. The van der Waals surface area contributed by atoms with Gasteiger partial charge in [-0.1, -0.05) is 15.9 Å². The van der Waals surface area contributed by atoms with E-state index in [0.29, 0.717) is 5.89 Å². The van der Waals surface area contributed by atoms with Gasteiger partial charge in [0.15, 0.2) is 11.5 Å². The Hall–Kier alpha value is -0.870. The predicted octanol–water partition coefficient (Wildman–Crippen LogP) is 2.79. The Bertz CT molecular complexity index is 491. The highest BCUT2D eigenvalue weighted by atomic mass is 79.9. The molecule has 0 bridgehead atoms. The van der Waals surface area contributed by atoms with Gasteiger partial charge in [-0.05, 0) is 31.0 Å². The fourth-order valence-corrected chi connectivity index (χ4v) is 2.17. The second-order valence-corrected chi connectivity index (χ2v) is 4.74. The van der Waals surface area contributed by atoms with Crippen LogP contribution in [0.15, 0.2) is 21.0 Å². The fourth-order valence-electron chi connectivity index (χ4n) is 1.67. The maximum atomic E-state index is 5.79. The van der Waals surface area contributed by atoms with Crippen LogP contribution in [0.25, 0.3) is 11.1 Å². The normalized spacial score (nSPS) is 13.3. The summed E-state index contributed by atoms with van der Waals surface area (Å²) in [5, 5.41) is 0. The molecule has 1 aromatic carbocycles. The molecule has 4 heteroatoms. The van der Waals surface area contributed by atoms with Gasteiger partial charge < -0.3 is 10.2 Å². The van der Waals surface area contributed by atoms with Crippen molar-refractivity contribution in [2.75, 3.05) is 0 Å². The molecule has 0 aliphatic heterocycles. The lowest BCUT2D eigenvalue weighted by atomic mass is 10.1. The van der Waals surface area contributed by atoms with Crippen LogP contribution < -0.4 is 5.73 Å². The zero-order valence-electron chi connectivity index (χ0n) is 8.75. The Morgan fingerprint density at radius 2 is 2.27 bits per heavy atom. The van der Waals surface area contributed by atoms with E-state index in [1.54, 1.807) is 0 Å². The minimum atomic E-state index is 0.118. The Balaban J connectivity index is 2.59. The Morgan fingerprint density at radius 3 is 2.93 bits per heavy atom. The Kier molecular flexibility index (Phi) is 2.80. The highest BCUT2D eigenvalue weighted by Crippen LogP contribution is 2.25. The summed E-state index contributed by atoms with van der Waals surface area (Å²) < 4.78 is 6.58. The molecule has 1 heterocycles. The van der Waals surface area contributed by atoms with Crippen molar-refractivity contribution >= 4 is 27.0 Å². The zero-order chi connectivity index (χ0) is 11.0. The summed E-state index contributed by atoms with van der Waals surface area (Å²) in [6.07, 6.45) is 0.796. The fraction of sp³-hybridized carbons (Fsp3) is 0.364. The average Bonchev–Trinajstić information content (AvgIpc) is 2.44. The van der Waals surface area contributed by atoms with E-state index >= 15 is 0 Å². The van der Waals surface area contributed by atoms with Crippen molar-refractivity contribution in [2.45, 2.75) is 26.3 Å². The first-order chi connectivity index (χ1) is 7.06. The minimum absolute atomic E-state index is 0.118. The summed E-state index contributed by atoms with van der Waals surface area (Å²) in [6.45, 7) is 3.83. The van der Waals surface area contributed by atoms with Crippen molar-refractivity contribution in [1.82, 2.24) is 4.98 Å². The summed E-state index contributed by atoms with van der Waals surface area (Å²) in [6, 6.07) is 4.11. The van der Waals surface area contributed by atoms with Gasteiger partial charge in [0.05, 0.1) is 0 Å². The van der Waals surface area contributed by atoms with Crippen LogP contribution in [-0.4, -0.2) is 11.0 Å². The maximum absolute atomic E-state index is 5.79. The van der Waals surface area contributed by atoms with Crippen LogP contribution in [0, 0.1) is 6.92 Å². The molecule has 0 saturated heterocycles. The molecule has 0 aliphatic rings. The van der Waals surface area contributed by atoms with E-state index < -0.39 is 0 Å². The molecule has 1 unspecified atom stereocenters. The molecule has 3 nitrogen and oxygen atoms in total. The van der Waals surface area contributed by atoms with Crippen molar-refractivity contribution in [2.24, 2.45) is 5.73 Å². The van der Waals surface area contributed by atoms with Crippen molar-refractivity contribution in [1.29, 1.82) is 0 Å². The van der Waals surface area contributed by atoms with Crippen LogP contribution in [-0.2, 0) is 6.42 Å². The average molecular weight is 269 g/mol. The van der Waals surface area contributed by atoms with Crippen molar-refractivity contribution < 1.29 is 4.42 Å². The Labute approximate surface area is 96.8 Å². The molecule has 1 aromatic heterocycles. The van der Waals surface area contributed by atoms with Gasteiger partial charge >= 0.3 is 0 Å². The summed E-state index contributed by atoms with van der Waals surface area (Å²) in [5.74, 6) is 0.689. The number of aryl methyl sites for hydroxylation is 1. The molecule has 80 valence electrons. The number of aromatic nitrogens is 1. The quantitative estimate of drug-likeness (QED) is 0.912. The van der Waals surface area contributed by atoms with E-state index in [2.05, 4.69) is 20.9 Å². The number of halogens is 1. The molecule has 2 rings (SSSR count). The number of hydrogen-bond acceptors (Lipinski definition) is 3. The molecule has 2 N–H and O–H groups in total. The Morgan fingerprint density at radius 1 is 1.53 bits per heavy atom. The largest absolute Gasteiger partial charge is 0.441 e. The SMILES string of the molecule is Cc1nc2cc(Br)cc(CC(C)N)c2o1.